The van der Waals surface area contributed by atoms with E-state index in [1.165, 1.54) is 11.1 Å². The van der Waals surface area contributed by atoms with Gasteiger partial charge >= 0.3 is 0 Å². The number of piperidine rings is 1. The summed E-state index contributed by atoms with van der Waals surface area (Å²) in [6.07, 6.45) is 4.22. The van der Waals surface area contributed by atoms with Gasteiger partial charge in [-0.1, -0.05) is 24.3 Å². The number of rotatable bonds is 2. The van der Waals surface area contributed by atoms with Crippen molar-refractivity contribution in [3.8, 4) is 0 Å². The lowest BCUT2D eigenvalue weighted by atomic mass is 9.49. The lowest BCUT2D eigenvalue weighted by Gasteiger charge is -2.62. The molecule has 1 aromatic carbocycles. The van der Waals surface area contributed by atoms with E-state index < -0.39 is 0 Å². The highest BCUT2D eigenvalue weighted by Crippen LogP contribution is 2.57. The zero-order chi connectivity index (χ0) is 14.5. The van der Waals surface area contributed by atoms with Crippen molar-refractivity contribution in [3.63, 3.8) is 0 Å². The van der Waals surface area contributed by atoms with E-state index in [1.54, 1.807) is 0 Å². The summed E-state index contributed by atoms with van der Waals surface area (Å²) in [4.78, 5) is 12.3. The second-order valence-corrected chi connectivity index (χ2v) is 6.74. The molecular formula is C18H23NO2. The van der Waals surface area contributed by atoms with Gasteiger partial charge in [0.25, 0.3) is 0 Å². The number of hydrogen-bond acceptors (Lipinski definition) is 3. The number of carbonyl (C=O) groups is 1. The van der Waals surface area contributed by atoms with Crippen molar-refractivity contribution in [3.05, 3.63) is 35.4 Å². The summed E-state index contributed by atoms with van der Waals surface area (Å²) in [6, 6.07) is 9.04. The van der Waals surface area contributed by atoms with Gasteiger partial charge in [0.2, 0.25) is 0 Å². The Morgan fingerprint density at radius 1 is 1.33 bits per heavy atom. The molecule has 0 radical (unpaired) electrons. The third-order valence-electron chi connectivity index (χ3n) is 5.95. The molecule has 3 heteroatoms. The standard InChI is InChI=1S/C18H23NO2/c1-2-21-18-8-7-14(20)12-17(18)9-10-19-16(18)11-13-5-3-4-6-15(13)17/h3-6,16,19H,2,7-12H2,1H3/t16-,17-,18?/m1/s1. The number of Topliss-reactive ketones (excluding diaryl/α,β-unsaturated/α-hetero) is 1. The first-order valence-corrected chi connectivity index (χ1v) is 8.19. The molecule has 21 heavy (non-hydrogen) atoms. The Morgan fingerprint density at radius 2 is 2.19 bits per heavy atom. The highest BCUT2D eigenvalue weighted by Gasteiger charge is 2.64. The number of nitrogens with one attached hydrogen (secondary N) is 1. The highest BCUT2D eigenvalue weighted by molar-refractivity contribution is 5.82. The molecular weight excluding hydrogens is 262 g/mol. The van der Waals surface area contributed by atoms with Crippen molar-refractivity contribution in [2.24, 2.45) is 0 Å². The van der Waals surface area contributed by atoms with Crippen molar-refractivity contribution >= 4 is 5.78 Å². The van der Waals surface area contributed by atoms with Crippen LogP contribution >= 0.6 is 0 Å². The number of fused-ring (bicyclic) bond motifs is 1. The van der Waals surface area contributed by atoms with Crippen molar-refractivity contribution in [1.82, 2.24) is 5.32 Å². The molecule has 0 amide bonds. The van der Waals surface area contributed by atoms with Gasteiger partial charge in [0.1, 0.15) is 5.78 Å². The smallest absolute Gasteiger partial charge is 0.134 e. The second-order valence-electron chi connectivity index (χ2n) is 6.74. The van der Waals surface area contributed by atoms with Crippen LogP contribution in [0.2, 0.25) is 0 Å². The van der Waals surface area contributed by atoms with Gasteiger partial charge in [-0.25, -0.2) is 0 Å². The zero-order valence-corrected chi connectivity index (χ0v) is 12.7. The van der Waals surface area contributed by atoms with E-state index in [4.69, 9.17) is 4.74 Å². The van der Waals surface area contributed by atoms with Gasteiger partial charge in [-0.3, -0.25) is 4.79 Å². The summed E-state index contributed by atoms with van der Waals surface area (Å²) in [6.45, 7) is 3.78. The van der Waals surface area contributed by atoms with Crippen molar-refractivity contribution in [1.29, 1.82) is 0 Å². The summed E-state index contributed by atoms with van der Waals surface area (Å²) >= 11 is 0. The van der Waals surface area contributed by atoms with Crippen LogP contribution in [0.3, 0.4) is 0 Å². The molecule has 1 unspecified atom stereocenters. The predicted octanol–water partition coefficient (Wildman–Crippen LogP) is 2.37. The summed E-state index contributed by atoms with van der Waals surface area (Å²) in [5.41, 5.74) is 2.48. The van der Waals surface area contributed by atoms with Crippen LogP contribution in [0.1, 0.15) is 43.7 Å². The lowest BCUT2D eigenvalue weighted by molar-refractivity contribution is -0.171. The SMILES string of the molecule is CCOC12CCC(=O)C[C@@]13CCN[C@@H]2Cc1ccccc13. The van der Waals surface area contributed by atoms with Crippen LogP contribution in [-0.2, 0) is 21.4 Å². The minimum absolute atomic E-state index is 0.108. The molecule has 1 N–H and O–H groups in total. The van der Waals surface area contributed by atoms with E-state index in [9.17, 15) is 4.79 Å². The van der Waals surface area contributed by atoms with Crippen molar-refractivity contribution in [2.75, 3.05) is 13.2 Å². The van der Waals surface area contributed by atoms with Gasteiger partial charge in [-0.2, -0.15) is 0 Å². The quantitative estimate of drug-likeness (QED) is 0.906. The molecule has 112 valence electrons. The molecule has 1 saturated heterocycles. The predicted molar refractivity (Wildman–Crippen MR) is 81.4 cm³/mol. The number of ether oxygens (including phenoxy) is 1. The Kier molecular flexibility index (Phi) is 2.98. The molecule has 0 aromatic heterocycles. The molecule has 2 bridgehead atoms. The van der Waals surface area contributed by atoms with E-state index in [0.717, 1.165) is 32.4 Å². The highest BCUT2D eigenvalue weighted by atomic mass is 16.5. The normalized spacial score (nSPS) is 37.8. The van der Waals surface area contributed by atoms with Gasteiger partial charge in [0.15, 0.2) is 0 Å². The van der Waals surface area contributed by atoms with Crippen LogP contribution in [0.25, 0.3) is 0 Å². The molecule has 2 fully saturated rings. The maximum Gasteiger partial charge on any atom is 0.134 e. The first-order valence-electron chi connectivity index (χ1n) is 8.19. The molecule has 1 aromatic rings. The first-order chi connectivity index (χ1) is 10.2. The molecule has 4 rings (SSSR count). The Bertz CT molecular complexity index is 584. The monoisotopic (exact) mass is 285 g/mol. The van der Waals surface area contributed by atoms with Crippen LogP contribution < -0.4 is 5.32 Å². The van der Waals surface area contributed by atoms with Crippen molar-refractivity contribution < 1.29 is 9.53 Å². The largest absolute Gasteiger partial charge is 0.373 e. The molecule has 0 spiro atoms. The maximum absolute atomic E-state index is 12.3. The third kappa shape index (κ3) is 1.65. The van der Waals surface area contributed by atoms with Crippen LogP contribution in [0.4, 0.5) is 0 Å². The molecule has 3 aliphatic rings. The van der Waals surface area contributed by atoms with Crippen molar-refractivity contribution in [2.45, 2.75) is 56.1 Å². The fourth-order valence-corrected chi connectivity index (χ4v) is 5.22. The fraction of sp³-hybridized carbons (Fsp3) is 0.611. The van der Waals surface area contributed by atoms with Gasteiger partial charge in [0.05, 0.1) is 5.60 Å². The molecule has 3 nitrogen and oxygen atoms in total. The Hall–Kier alpha value is -1.19. The average Bonchev–Trinajstić information content (AvgIpc) is 2.48. The molecule has 1 aliphatic heterocycles. The lowest BCUT2D eigenvalue weighted by Crippen LogP contribution is -2.73. The third-order valence-corrected chi connectivity index (χ3v) is 5.95. The van der Waals surface area contributed by atoms with Gasteiger partial charge in [0, 0.05) is 30.9 Å². The summed E-state index contributed by atoms with van der Waals surface area (Å²) in [5.74, 6) is 0.405. The number of ketones is 1. The topological polar surface area (TPSA) is 38.3 Å². The number of hydrogen-bond donors (Lipinski definition) is 1. The second kappa shape index (κ2) is 4.65. The Balaban J connectivity index is 1.95. The van der Waals surface area contributed by atoms with E-state index >= 15 is 0 Å². The van der Waals surface area contributed by atoms with Crippen LogP contribution in [-0.4, -0.2) is 30.6 Å². The van der Waals surface area contributed by atoms with Crippen LogP contribution in [0, 0.1) is 0 Å². The Morgan fingerprint density at radius 3 is 3.05 bits per heavy atom. The summed E-state index contributed by atoms with van der Waals surface area (Å²) in [5, 5.41) is 3.69. The molecule has 2 aliphatic carbocycles. The number of benzene rings is 1. The average molecular weight is 285 g/mol. The van der Waals surface area contributed by atoms with Crippen LogP contribution in [0.15, 0.2) is 24.3 Å². The molecule has 1 saturated carbocycles. The summed E-state index contributed by atoms with van der Waals surface area (Å²) < 4.78 is 6.42. The van der Waals surface area contributed by atoms with Crippen LogP contribution in [0.5, 0.6) is 0 Å². The zero-order valence-electron chi connectivity index (χ0n) is 12.7. The Labute approximate surface area is 126 Å². The maximum atomic E-state index is 12.3. The van der Waals surface area contributed by atoms with E-state index in [2.05, 4.69) is 36.5 Å². The van der Waals surface area contributed by atoms with Gasteiger partial charge in [-0.05, 0) is 43.9 Å². The first kappa shape index (κ1) is 13.5. The van der Waals surface area contributed by atoms with Gasteiger partial charge in [-0.15, -0.1) is 0 Å². The fourth-order valence-electron chi connectivity index (χ4n) is 5.22. The summed E-state index contributed by atoms with van der Waals surface area (Å²) in [7, 11) is 0. The van der Waals surface area contributed by atoms with E-state index in [-0.39, 0.29) is 11.0 Å². The minimum Gasteiger partial charge on any atom is -0.373 e. The number of carbonyl (C=O) groups excluding carboxylic acids is 1. The van der Waals surface area contributed by atoms with E-state index in [0.29, 0.717) is 24.7 Å². The van der Waals surface area contributed by atoms with E-state index in [1.807, 2.05) is 0 Å². The molecule has 3 atom stereocenters. The molecule has 1 heterocycles. The van der Waals surface area contributed by atoms with Gasteiger partial charge < -0.3 is 10.1 Å². The minimum atomic E-state index is -0.192.